The fourth-order valence-electron chi connectivity index (χ4n) is 3.40. The number of nitrogens with one attached hydrogen (secondary N) is 1. The highest BCUT2D eigenvalue weighted by molar-refractivity contribution is 5.86. The van der Waals surface area contributed by atoms with Crippen LogP contribution in [-0.2, 0) is 0 Å². The normalized spacial score (nSPS) is 24.2. The first-order chi connectivity index (χ1) is 9.15. The maximum Gasteiger partial charge on any atom is 0.0458 e. The lowest BCUT2D eigenvalue weighted by atomic mass is 9.81. The van der Waals surface area contributed by atoms with Crippen molar-refractivity contribution in [2.75, 3.05) is 19.8 Å². The van der Waals surface area contributed by atoms with Gasteiger partial charge in [0, 0.05) is 28.8 Å². The van der Waals surface area contributed by atoms with E-state index in [1.165, 1.54) is 42.1 Å². The summed E-state index contributed by atoms with van der Waals surface area (Å²) in [7, 11) is 4.38. The lowest BCUT2D eigenvalue weighted by molar-refractivity contribution is 0.217. The van der Waals surface area contributed by atoms with E-state index < -0.39 is 0 Å². The molecule has 0 amide bonds. The second-order valence-corrected chi connectivity index (χ2v) is 6.02. The molecule has 2 aromatic rings. The van der Waals surface area contributed by atoms with Crippen LogP contribution in [0.2, 0.25) is 0 Å². The van der Waals surface area contributed by atoms with Gasteiger partial charge in [0.25, 0.3) is 0 Å². The maximum absolute atomic E-state index is 5.92. The van der Waals surface area contributed by atoms with Crippen LogP contribution in [0.25, 0.3) is 10.9 Å². The summed E-state index contributed by atoms with van der Waals surface area (Å²) in [5.41, 5.74) is 9.44. The van der Waals surface area contributed by atoms with Crippen LogP contribution in [0.15, 0.2) is 24.4 Å². The average Bonchev–Trinajstić information content (AvgIpc) is 2.81. The van der Waals surface area contributed by atoms with Gasteiger partial charge >= 0.3 is 0 Å². The van der Waals surface area contributed by atoms with Crippen LogP contribution in [-0.4, -0.2) is 30.0 Å². The molecule has 3 heteroatoms. The molecule has 1 aliphatic rings. The highest BCUT2D eigenvalue weighted by atomic mass is 15.1. The number of rotatable bonds is 2. The molecule has 1 saturated carbocycles. The topological polar surface area (TPSA) is 45.0 Å². The molecule has 0 spiro atoms. The van der Waals surface area contributed by atoms with E-state index in [1.54, 1.807) is 0 Å². The molecule has 1 heterocycles. The van der Waals surface area contributed by atoms with Gasteiger partial charge in [0.1, 0.15) is 0 Å². The summed E-state index contributed by atoms with van der Waals surface area (Å²) in [4.78, 5) is 5.75. The number of nitrogen functional groups attached to an aromatic ring is 1. The van der Waals surface area contributed by atoms with Crippen molar-refractivity contribution in [2.45, 2.75) is 37.6 Å². The first-order valence-corrected chi connectivity index (χ1v) is 7.18. The van der Waals surface area contributed by atoms with Crippen molar-refractivity contribution in [3.63, 3.8) is 0 Å². The molecule has 1 fully saturated rings. The van der Waals surface area contributed by atoms with E-state index >= 15 is 0 Å². The minimum absolute atomic E-state index is 0.687. The van der Waals surface area contributed by atoms with Gasteiger partial charge in [0.05, 0.1) is 0 Å². The predicted octanol–water partition coefficient (Wildman–Crippen LogP) is 3.34. The third-order valence-corrected chi connectivity index (χ3v) is 4.60. The Balaban J connectivity index is 1.84. The van der Waals surface area contributed by atoms with Crippen LogP contribution in [0.1, 0.15) is 37.2 Å². The molecule has 0 aliphatic heterocycles. The fraction of sp³-hybridized carbons (Fsp3) is 0.500. The smallest absolute Gasteiger partial charge is 0.0458 e. The van der Waals surface area contributed by atoms with Crippen LogP contribution >= 0.6 is 0 Å². The number of aromatic nitrogens is 1. The molecule has 0 bridgehead atoms. The van der Waals surface area contributed by atoms with Crippen LogP contribution in [0.4, 0.5) is 5.69 Å². The second-order valence-electron chi connectivity index (χ2n) is 6.02. The number of H-pyrrole nitrogens is 1. The van der Waals surface area contributed by atoms with Crippen LogP contribution in [0, 0.1) is 0 Å². The van der Waals surface area contributed by atoms with Gasteiger partial charge in [-0.1, -0.05) is 0 Å². The van der Waals surface area contributed by atoms with E-state index in [4.69, 9.17) is 5.73 Å². The van der Waals surface area contributed by atoms with Gasteiger partial charge < -0.3 is 15.6 Å². The zero-order valence-corrected chi connectivity index (χ0v) is 11.8. The van der Waals surface area contributed by atoms with Gasteiger partial charge in [-0.05, 0) is 69.5 Å². The molecule has 1 aromatic heterocycles. The number of nitrogens with zero attached hydrogens (tertiary/aromatic N) is 1. The van der Waals surface area contributed by atoms with E-state index in [-0.39, 0.29) is 0 Å². The van der Waals surface area contributed by atoms with Crippen molar-refractivity contribution in [1.29, 1.82) is 0 Å². The Morgan fingerprint density at radius 3 is 2.58 bits per heavy atom. The standard InChI is InChI=1S/C16H23N3/c1-19(2)13-6-3-11(4-7-13)15-10-18-16-8-5-12(17)9-14(15)16/h5,8-11,13,18H,3-4,6-7,17H2,1-2H3. The van der Waals surface area contributed by atoms with Crippen LogP contribution in [0.5, 0.6) is 0 Å². The Kier molecular flexibility index (Phi) is 3.23. The molecule has 19 heavy (non-hydrogen) atoms. The Bertz CT molecular complexity index is 562. The van der Waals surface area contributed by atoms with E-state index in [2.05, 4.69) is 42.3 Å². The summed E-state index contributed by atoms with van der Waals surface area (Å²) in [5, 5.41) is 1.31. The zero-order valence-electron chi connectivity index (χ0n) is 11.8. The van der Waals surface area contributed by atoms with Crippen molar-refractivity contribution in [3.05, 3.63) is 30.0 Å². The van der Waals surface area contributed by atoms with Crippen molar-refractivity contribution in [1.82, 2.24) is 9.88 Å². The van der Waals surface area contributed by atoms with Crippen molar-refractivity contribution in [2.24, 2.45) is 0 Å². The largest absolute Gasteiger partial charge is 0.399 e. The first-order valence-electron chi connectivity index (χ1n) is 7.18. The van der Waals surface area contributed by atoms with Crippen molar-refractivity contribution >= 4 is 16.6 Å². The van der Waals surface area contributed by atoms with Gasteiger partial charge in [0.15, 0.2) is 0 Å². The van der Waals surface area contributed by atoms with E-state index in [9.17, 15) is 0 Å². The summed E-state index contributed by atoms with van der Waals surface area (Å²) in [6.07, 6.45) is 7.35. The summed E-state index contributed by atoms with van der Waals surface area (Å²) in [5.74, 6) is 0.687. The number of hydrogen-bond donors (Lipinski definition) is 2. The molecule has 0 radical (unpaired) electrons. The van der Waals surface area contributed by atoms with Gasteiger partial charge in [-0.15, -0.1) is 0 Å². The monoisotopic (exact) mass is 257 g/mol. The van der Waals surface area contributed by atoms with Gasteiger partial charge in [0.2, 0.25) is 0 Å². The minimum atomic E-state index is 0.687. The lowest BCUT2D eigenvalue weighted by Gasteiger charge is -2.32. The average molecular weight is 257 g/mol. The number of anilines is 1. The summed E-state index contributed by atoms with van der Waals surface area (Å²) in [6, 6.07) is 6.91. The summed E-state index contributed by atoms with van der Waals surface area (Å²) < 4.78 is 0. The highest BCUT2D eigenvalue weighted by Gasteiger charge is 2.25. The number of nitrogens with two attached hydrogens (primary N) is 1. The van der Waals surface area contributed by atoms with Gasteiger partial charge in [-0.2, -0.15) is 0 Å². The Hall–Kier alpha value is -1.48. The maximum atomic E-state index is 5.92. The molecule has 102 valence electrons. The van der Waals surface area contributed by atoms with Gasteiger partial charge in [-0.25, -0.2) is 0 Å². The highest BCUT2D eigenvalue weighted by Crippen LogP contribution is 2.37. The van der Waals surface area contributed by atoms with E-state index in [1.807, 2.05) is 6.07 Å². The summed E-state index contributed by atoms with van der Waals surface area (Å²) in [6.45, 7) is 0. The van der Waals surface area contributed by atoms with Crippen molar-refractivity contribution < 1.29 is 0 Å². The third-order valence-electron chi connectivity index (χ3n) is 4.60. The number of aromatic amines is 1. The molecule has 3 nitrogen and oxygen atoms in total. The van der Waals surface area contributed by atoms with Gasteiger partial charge in [-0.3, -0.25) is 0 Å². The van der Waals surface area contributed by atoms with Crippen LogP contribution in [0.3, 0.4) is 0 Å². The molecule has 3 rings (SSSR count). The molecule has 1 aliphatic carbocycles. The zero-order chi connectivity index (χ0) is 13.4. The number of benzene rings is 1. The molecular weight excluding hydrogens is 234 g/mol. The van der Waals surface area contributed by atoms with E-state index in [0.29, 0.717) is 5.92 Å². The SMILES string of the molecule is CN(C)C1CCC(c2c[nH]c3ccc(N)cc23)CC1. The number of fused-ring (bicyclic) bond motifs is 1. The Morgan fingerprint density at radius 2 is 1.89 bits per heavy atom. The molecule has 0 saturated heterocycles. The minimum Gasteiger partial charge on any atom is -0.399 e. The molecule has 1 aromatic carbocycles. The molecule has 0 atom stereocenters. The Labute approximate surface area is 114 Å². The van der Waals surface area contributed by atoms with E-state index in [0.717, 1.165) is 11.7 Å². The Morgan fingerprint density at radius 1 is 1.16 bits per heavy atom. The first kappa shape index (κ1) is 12.5. The quantitative estimate of drug-likeness (QED) is 0.810. The summed E-state index contributed by atoms with van der Waals surface area (Å²) >= 11 is 0. The molecule has 3 N–H and O–H groups in total. The second kappa shape index (κ2) is 4.89. The lowest BCUT2D eigenvalue weighted by Crippen LogP contribution is -2.31. The third kappa shape index (κ3) is 2.35. The molecule has 0 unspecified atom stereocenters. The van der Waals surface area contributed by atoms with Crippen LogP contribution < -0.4 is 5.73 Å². The fourth-order valence-corrected chi connectivity index (χ4v) is 3.40. The number of hydrogen-bond acceptors (Lipinski definition) is 2. The molecular formula is C16H23N3. The predicted molar refractivity (Wildman–Crippen MR) is 81.4 cm³/mol. The van der Waals surface area contributed by atoms with Crippen molar-refractivity contribution in [3.8, 4) is 0 Å².